The molecule has 0 atom stereocenters. The number of carbonyl (C=O) groups excluding carboxylic acids is 2. The summed E-state index contributed by atoms with van der Waals surface area (Å²) in [6, 6.07) is 5.01. The van der Waals surface area contributed by atoms with E-state index in [1.54, 1.807) is 25.3 Å². The number of rotatable bonds is 6. The highest BCUT2D eigenvalue weighted by Gasteiger charge is 2.15. The number of hydrogen-bond acceptors (Lipinski definition) is 3. The van der Waals surface area contributed by atoms with Crippen molar-refractivity contribution in [3.8, 4) is 5.75 Å². The lowest BCUT2D eigenvalue weighted by Gasteiger charge is -2.21. The third-order valence-corrected chi connectivity index (χ3v) is 4.14. The van der Waals surface area contributed by atoms with Crippen molar-refractivity contribution in [2.24, 2.45) is 5.92 Å². The molecular formula is C17H23NO3. The van der Waals surface area contributed by atoms with Gasteiger partial charge in [0.1, 0.15) is 12.0 Å². The molecule has 0 bridgehead atoms. The maximum Gasteiger partial charge on any atom is 0.224 e. The zero-order valence-electron chi connectivity index (χ0n) is 12.6. The molecule has 1 aromatic rings. The third kappa shape index (κ3) is 4.59. The number of benzene rings is 1. The number of aldehydes is 1. The Kier molecular flexibility index (Phi) is 5.78. The van der Waals surface area contributed by atoms with E-state index < -0.39 is 0 Å². The second kappa shape index (κ2) is 7.81. The Morgan fingerprint density at radius 1 is 1.33 bits per heavy atom. The van der Waals surface area contributed by atoms with Crippen LogP contribution >= 0.6 is 0 Å². The van der Waals surface area contributed by atoms with E-state index in [4.69, 9.17) is 4.74 Å². The first kappa shape index (κ1) is 15.5. The van der Waals surface area contributed by atoms with Gasteiger partial charge in [0.25, 0.3) is 0 Å². The highest BCUT2D eigenvalue weighted by molar-refractivity contribution is 5.93. The second-order valence-corrected chi connectivity index (χ2v) is 5.67. The maximum absolute atomic E-state index is 12.1. The standard InChI is InChI=1S/C17H23NO3/c1-21-16-9-7-14(12-19)11-15(16)18-17(20)10-8-13-5-3-2-4-6-13/h7,9,11-13H,2-6,8,10H2,1H3,(H,18,20). The lowest BCUT2D eigenvalue weighted by molar-refractivity contribution is -0.116. The molecule has 4 heteroatoms. The smallest absolute Gasteiger partial charge is 0.224 e. The molecule has 1 aliphatic carbocycles. The van der Waals surface area contributed by atoms with Gasteiger partial charge in [0.15, 0.2) is 0 Å². The van der Waals surface area contributed by atoms with Gasteiger partial charge in [-0.1, -0.05) is 32.1 Å². The normalized spacial score (nSPS) is 15.5. The van der Waals surface area contributed by atoms with Crippen LogP contribution in [0, 0.1) is 5.92 Å². The number of methoxy groups -OCH3 is 1. The molecule has 4 nitrogen and oxygen atoms in total. The van der Waals surface area contributed by atoms with E-state index in [2.05, 4.69) is 5.32 Å². The quantitative estimate of drug-likeness (QED) is 0.810. The van der Waals surface area contributed by atoms with E-state index in [0.29, 0.717) is 29.3 Å². The zero-order chi connectivity index (χ0) is 15.1. The molecule has 0 aromatic heterocycles. The Hall–Kier alpha value is -1.84. The first-order chi connectivity index (χ1) is 10.2. The summed E-state index contributed by atoms with van der Waals surface area (Å²) in [7, 11) is 1.55. The minimum absolute atomic E-state index is 0.0121. The second-order valence-electron chi connectivity index (χ2n) is 5.67. The molecule has 1 saturated carbocycles. The van der Waals surface area contributed by atoms with Gasteiger partial charge in [-0.25, -0.2) is 0 Å². The monoisotopic (exact) mass is 289 g/mol. The Morgan fingerprint density at radius 3 is 2.76 bits per heavy atom. The molecule has 2 rings (SSSR count). The lowest BCUT2D eigenvalue weighted by atomic mass is 9.86. The van der Waals surface area contributed by atoms with Crippen molar-refractivity contribution >= 4 is 17.9 Å². The summed E-state index contributed by atoms with van der Waals surface area (Å²) in [4.78, 5) is 22.9. The summed E-state index contributed by atoms with van der Waals surface area (Å²) in [6.07, 6.45) is 8.65. The van der Waals surface area contributed by atoms with Gasteiger partial charge in [0, 0.05) is 12.0 Å². The van der Waals surface area contributed by atoms with Gasteiger partial charge < -0.3 is 10.1 Å². The van der Waals surface area contributed by atoms with Crippen LogP contribution in [0.25, 0.3) is 0 Å². The summed E-state index contributed by atoms with van der Waals surface area (Å²) in [5.74, 6) is 1.25. The molecule has 114 valence electrons. The minimum Gasteiger partial charge on any atom is -0.495 e. The molecule has 1 N–H and O–H groups in total. The molecule has 0 heterocycles. The predicted molar refractivity (Wildman–Crippen MR) is 82.8 cm³/mol. The molecule has 0 aliphatic heterocycles. The maximum atomic E-state index is 12.1. The third-order valence-electron chi connectivity index (χ3n) is 4.14. The summed E-state index contributed by atoms with van der Waals surface area (Å²) in [6.45, 7) is 0. The van der Waals surface area contributed by atoms with Crippen molar-refractivity contribution in [3.05, 3.63) is 23.8 Å². The van der Waals surface area contributed by atoms with Crippen LogP contribution in [0.4, 0.5) is 5.69 Å². The fraction of sp³-hybridized carbons (Fsp3) is 0.529. The topological polar surface area (TPSA) is 55.4 Å². The molecular weight excluding hydrogens is 266 g/mol. The van der Waals surface area contributed by atoms with Crippen molar-refractivity contribution in [1.29, 1.82) is 0 Å². The van der Waals surface area contributed by atoms with Crippen molar-refractivity contribution < 1.29 is 14.3 Å². The van der Waals surface area contributed by atoms with Crippen LogP contribution in [0.15, 0.2) is 18.2 Å². The number of ether oxygens (including phenoxy) is 1. The van der Waals surface area contributed by atoms with Crippen LogP contribution in [0.2, 0.25) is 0 Å². The molecule has 21 heavy (non-hydrogen) atoms. The van der Waals surface area contributed by atoms with E-state index in [9.17, 15) is 9.59 Å². The number of hydrogen-bond donors (Lipinski definition) is 1. The Bertz CT molecular complexity index is 493. The van der Waals surface area contributed by atoms with Gasteiger partial charge in [-0.05, 0) is 30.5 Å². The van der Waals surface area contributed by atoms with E-state index >= 15 is 0 Å². The van der Waals surface area contributed by atoms with Crippen molar-refractivity contribution in [3.63, 3.8) is 0 Å². The first-order valence-corrected chi connectivity index (χ1v) is 7.66. The Balaban J connectivity index is 1.90. The van der Waals surface area contributed by atoms with E-state index in [-0.39, 0.29) is 5.91 Å². The average molecular weight is 289 g/mol. The summed E-state index contributed by atoms with van der Waals surface area (Å²) in [5.41, 5.74) is 1.09. The van der Waals surface area contributed by atoms with E-state index in [0.717, 1.165) is 12.7 Å². The van der Waals surface area contributed by atoms with Crippen molar-refractivity contribution in [1.82, 2.24) is 0 Å². The first-order valence-electron chi connectivity index (χ1n) is 7.66. The number of amides is 1. The van der Waals surface area contributed by atoms with Crippen molar-refractivity contribution in [2.45, 2.75) is 44.9 Å². The zero-order valence-corrected chi connectivity index (χ0v) is 12.6. The van der Waals surface area contributed by atoms with E-state index in [1.807, 2.05) is 0 Å². The van der Waals surface area contributed by atoms with Crippen LogP contribution in [-0.2, 0) is 4.79 Å². The highest BCUT2D eigenvalue weighted by atomic mass is 16.5. The summed E-state index contributed by atoms with van der Waals surface area (Å²) in [5, 5.41) is 2.85. The van der Waals surface area contributed by atoms with Crippen LogP contribution in [0.1, 0.15) is 55.3 Å². The van der Waals surface area contributed by atoms with Gasteiger partial charge in [-0.15, -0.1) is 0 Å². The molecule has 0 radical (unpaired) electrons. The average Bonchev–Trinajstić information content (AvgIpc) is 2.54. The van der Waals surface area contributed by atoms with Crippen molar-refractivity contribution in [2.75, 3.05) is 12.4 Å². The molecule has 0 unspecified atom stereocenters. The number of carbonyl (C=O) groups is 2. The Morgan fingerprint density at radius 2 is 2.10 bits per heavy atom. The fourth-order valence-corrected chi connectivity index (χ4v) is 2.92. The van der Waals surface area contributed by atoms with Gasteiger partial charge in [0.05, 0.1) is 12.8 Å². The van der Waals surface area contributed by atoms with Crippen LogP contribution in [0.5, 0.6) is 5.75 Å². The summed E-state index contributed by atoms with van der Waals surface area (Å²) < 4.78 is 5.21. The molecule has 1 amide bonds. The fourth-order valence-electron chi connectivity index (χ4n) is 2.92. The molecule has 1 fully saturated rings. The molecule has 0 spiro atoms. The summed E-state index contributed by atoms with van der Waals surface area (Å²) >= 11 is 0. The predicted octanol–water partition coefficient (Wildman–Crippen LogP) is 3.81. The van der Waals surface area contributed by atoms with Crippen LogP contribution < -0.4 is 10.1 Å². The largest absolute Gasteiger partial charge is 0.495 e. The SMILES string of the molecule is COc1ccc(C=O)cc1NC(=O)CCC1CCCCC1. The van der Waals surface area contributed by atoms with Crippen LogP contribution in [-0.4, -0.2) is 19.3 Å². The highest BCUT2D eigenvalue weighted by Crippen LogP contribution is 2.28. The lowest BCUT2D eigenvalue weighted by Crippen LogP contribution is -2.15. The van der Waals surface area contributed by atoms with Gasteiger partial charge >= 0.3 is 0 Å². The number of anilines is 1. The Labute approximate surface area is 125 Å². The van der Waals surface area contributed by atoms with E-state index in [1.165, 1.54) is 32.1 Å². The minimum atomic E-state index is -0.0121. The van der Waals surface area contributed by atoms with Gasteiger partial charge in [-0.2, -0.15) is 0 Å². The molecule has 1 aromatic carbocycles. The van der Waals surface area contributed by atoms with Gasteiger partial charge in [-0.3, -0.25) is 9.59 Å². The van der Waals surface area contributed by atoms with Gasteiger partial charge in [0.2, 0.25) is 5.91 Å². The number of nitrogens with one attached hydrogen (secondary N) is 1. The molecule has 0 saturated heterocycles. The van der Waals surface area contributed by atoms with Crippen LogP contribution in [0.3, 0.4) is 0 Å². The molecule has 1 aliphatic rings.